The summed E-state index contributed by atoms with van der Waals surface area (Å²) in [5.41, 5.74) is 1.25. The number of hydrogen-bond donors (Lipinski definition) is 1. The molecule has 2 rings (SSSR count). The van der Waals surface area contributed by atoms with Crippen molar-refractivity contribution in [1.29, 1.82) is 0 Å². The molecule has 1 unspecified atom stereocenters. The monoisotopic (exact) mass is 286 g/mol. The highest BCUT2D eigenvalue weighted by atomic mass is 32.2. The molecule has 0 radical (unpaired) electrons. The topological polar surface area (TPSA) is 67.2 Å². The van der Waals surface area contributed by atoms with Crippen LogP contribution in [0.4, 0.5) is 0 Å². The van der Waals surface area contributed by atoms with Crippen molar-refractivity contribution in [2.24, 2.45) is 7.05 Å². The van der Waals surface area contributed by atoms with Crippen molar-refractivity contribution in [3.63, 3.8) is 0 Å². The van der Waals surface area contributed by atoms with Crippen LogP contribution in [0.1, 0.15) is 24.2 Å². The first-order chi connectivity index (χ1) is 8.84. The Morgan fingerprint density at radius 3 is 2.63 bits per heavy atom. The molecule has 1 N–H and O–H groups in total. The zero-order chi connectivity index (χ0) is 14.2. The van der Waals surface area contributed by atoms with E-state index < -0.39 is 10.0 Å². The molecule has 2 heterocycles. The zero-order valence-corrected chi connectivity index (χ0v) is 12.8. The molecule has 0 aromatic carbocycles. The Hall–Kier alpha value is -0.920. The van der Waals surface area contributed by atoms with Crippen LogP contribution in [0.25, 0.3) is 0 Å². The van der Waals surface area contributed by atoms with Crippen molar-refractivity contribution in [2.75, 3.05) is 20.1 Å². The second-order valence-corrected chi connectivity index (χ2v) is 7.18. The van der Waals surface area contributed by atoms with Crippen LogP contribution in [-0.4, -0.2) is 48.7 Å². The Kier molecular flexibility index (Phi) is 3.98. The summed E-state index contributed by atoms with van der Waals surface area (Å²) in [5, 5.41) is 7.50. The molecule has 108 valence electrons. The summed E-state index contributed by atoms with van der Waals surface area (Å²) in [5.74, 6) is 0. The van der Waals surface area contributed by atoms with Crippen LogP contribution in [0.3, 0.4) is 0 Å². The van der Waals surface area contributed by atoms with Crippen LogP contribution in [0.5, 0.6) is 0 Å². The molecule has 0 aliphatic carbocycles. The first-order valence-corrected chi connectivity index (χ1v) is 7.98. The third-order valence-electron chi connectivity index (χ3n) is 3.75. The molecule has 1 aliphatic rings. The summed E-state index contributed by atoms with van der Waals surface area (Å²) in [4.78, 5) is 0.343. The van der Waals surface area contributed by atoms with Crippen LogP contribution in [0, 0.1) is 13.8 Å². The van der Waals surface area contributed by atoms with E-state index in [9.17, 15) is 8.42 Å². The first-order valence-electron chi connectivity index (χ1n) is 6.54. The molecule has 0 amide bonds. The second kappa shape index (κ2) is 5.22. The molecule has 1 saturated heterocycles. The number of aromatic nitrogens is 2. The Balaban J connectivity index is 2.25. The molecule has 1 aliphatic heterocycles. The third-order valence-corrected chi connectivity index (χ3v) is 5.83. The van der Waals surface area contributed by atoms with Gasteiger partial charge in [-0.15, -0.1) is 0 Å². The van der Waals surface area contributed by atoms with E-state index in [1.54, 1.807) is 32.6 Å². The zero-order valence-electron chi connectivity index (χ0n) is 12.0. The van der Waals surface area contributed by atoms with E-state index in [1.165, 1.54) is 4.31 Å². The lowest BCUT2D eigenvalue weighted by Crippen LogP contribution is -2.38. The summed E-state index contributed by atoms with van der Waals surface area (Å²) in [6.07, 6.45) is 2.15. The van der Waals surface area contributed by atoms with Gasteiger partial charge in [0.1, 0.15) is 4.90 Å². The average Bonchev–Trinajstić information content (AvgIpc) is 2.88. The normalized spacial score (nSPS) is 20.4. The summed E-state index contributed by atoms with van der Waals surface area (Å²) >= 11 is 0. The smallest absolute Gasteiger partial charge is 0.246 e. The highest BCUT2D eigenvalue weighted by Gasteiger charge is 2.30. The molecular formula is C12H22N4O2S. The van der Waals surface area contributed by atoms with Crippen LogP contribution in [-0.2, 0) is 17.1 Å². The Morgan fingerprint density at radius 2 is 2.16 bits per heavy atom. The molecular weight excluding hydrogens is 264 g/mol. The minimum atomic E-state index is -3.46. The van der Waals surface area contributed by atoms with Crippen LogP contribution in [0.15, 0.2) is 4.90 Å². The van der Waals surface area contributed by atoms with Crippen molar-refractivity contribution in [2.45, 2.75) is 37.6 Å². The van der Waals surface area contributed by atoms with Gasteiger partial charge in [-0.1, -0.05) is 0 Å². The number of sulfonamides is 1. The van der Waals surface area contributed by atoms with Crippen LogP contribution >= 0.6 is 0 Å². The largest absolute Gasteiger partial charge is 0.313 e. The lowest BCUT2D eigenvalue weighted by Gasteiger charge is -2.21. The Bertz CT molecular complexity index is 559. The van der Waals surface area contributed by atoms with Gasteiger partial charge in [-0.25, -0.2) is 8.42 Å². The van der Waals surface area contributed by atoms with Gasteiger partial charge >= 0.3 is 0 Å². The number of nitrogens with one attached hydrogen (secondary N) is 1. The van der Waals surface area contributed by atoms with Crippen molar-refractivity contribution in [1.82, 2.24) is 19.4 Å². The van der Waals surface area contributed by atoms with E-state index in [1.807, 2.05) is 0 Å². The Morgan fingerprint density at radius 1 is 1.47 bits per heavy atom. The van der Waals surface area contributed by atoms with E-state index in [4.69, 9.17) is 0 Å². The third kappa shape index (κ3) is 2.68. The molecule has 6 nitrogen and oxygen atoms in total. The van der Waals surface area contributed by atoms with Crippen LogP contribution < -0.4 is 5.32 Å². The van der Waals surface area contributed by atoms with Gasteiger partial charge < -0.3 is 5.32 Å². The minimum Gasteiger partial charge on any atom is -0.313 e. The summed E-state index contributed by atoms with van der Waals surface area (Å²) in [7, 11) is -0.0531. The fourth-order valence-corrected chi connectivity index (χ4v) is 4.21. The van der Waals surface area contributed by atoms with Gasteiger partial charge in [-0.3, -0.25) is 4.68 Å². The first kappa shape index (κ1) is 14.5. The summed E-state index contributed by atoms with van der Waals surface area (Å²) in [6, 6.07) is 0.261. The fourth-order valence-electron chi connectivity index (χ4n) is 2.60. The Labute approximate surface area is 114 Å². The number of hydrogen-bond acceptors (Lipinski definition) is 4. The molecule has 0 bridgehead atoms. The quantitative estimate of drug-likeness (QED) is 0.870. The molecule has 0 saturated carbocycles. The van der Waals surface area contributed by atoms with Crippen molar-refractivity contribution in [3.8, 4) is 0 Å². The molecule has 1 aromatic rings. The van der Waals surface area contributed by atoms with Crippen molar-refractivity contribution < 1.29 is 8.42 Å². The molecule has 0 spiro atoms. The predicted molar refractivity (Wildman–Crippen MR) is 73.5 cm³/mol. The van der Waals surface area contributed by atoms with Gasteiger partial charge in [0, 0.05) is 26.7 Å². The molecule has 1 aromatic heterocycles. The van der Waals surface area contributed by atoms with Gasteiger partial charge in [0.15, 0.2) is 0 Å². The van der Waals surface area contributed by atoms with E-state index in [0.29, 0.717) is 22.8 Å². The lowest BCUT2D eigenvalue weighted by atomic mass is 10.2. The minimum absolute atomic E-state index is 0.261. The standard InChI is InChI=1S/C12H22N4O2S/c1-9-12(10(2)16(4)14-9)19(17,18)15(3)8-11-6-5-7-13-11/h11,13H,5-8H2,1-4H3. The summed E-state index contributed by atoms with van der Waals surface area (Å²) < 4.78 is 28.3. The highest BCUT2D eigenvalue weighted by Crippen LogP contribution is 2.22. The van der Waals surface area contributed by atoms with Crippen molar-refractivity contribution >= 4 is 10.0 Å². The van der Waals surface area contributed by atoms with Gasteiger partial charge in [0.2, 0.25) is 10.0 Å². The molecule has 19 heavy (non-hydrogen) atoms. The molecule has 1 fully saturated rings. The average molecular weight is 286 g/mol. The summed E-state index contributed by atoms with van der Waals surface area (Å²) in [6.45, 7) is 5.01. The fraction of sp³-hybridized carbons (Fsp3) is 0.750. The number of nitrogens with zero attached hydrogens (tertiary/aromatic N) is 3. The van der Waals surface area contributed by atoms with E-state index in [-0.39, 0.29) is 6.04 Å². The molecule has 1 atom stereocenters. The lowest BCUT2D eigenvalue weighted by molar-refractivity contribution is 0.417. The number of rotatable bonds is 4. The van der Waals surface area contributed by atoms with Crippen LogP contribution in [0.2, 0.25) is 0 Å². The maximum absolute atomic E-state index is 12.6. The van der Waals surface area contributed by atoms with Crippen molar-refractivity contribution in [3.05, 3.63) is 11.4 Å². The van der Waals surface area contributed by atoms with E-state index >= 15 is 0 Å². The SMILES string of the molecule is Cc1nn(C)c(C)c1S(=O)(=O)N(C)CC1CCCN1. The highest BCUT2D eigenvalue weighted by molar-refractivity contribution is 7.89. The maximum atomic E-state index is 12.6. The molecule has 7 heteroatoms. The number of likely N-dealkylation sites (N-methyl/N-ethyl adjacent to an activating group) is 1. The van der Waals surface area contributed by atoms with Gasteiger partial charge in [0.05, 0.1) is 11.4 Å². The van der Waals surface area contributed by atoms with E-state index in [0.717, 1.165) is 19.4 Å². The second-order valence-electron chi connectivity index (χ2n) is 5.20. The van der Waals surface area contributed by atoms with E-state index in [2.05, 4.69) is 10.4 Å². The van der Waals surface area contributed by atoms with Gasteiger partial charge in [-0.2, -0.15) is 9.40 Å². The number of aryl methyl sites for hydroxylation is 2. The maximum Gasteiger partial charge on any atom is 0.246 e. The van der Waals surface area contributed by atoms with Gasteiger partial charge in [0.25, 0.3) is 0 Å². The van der Waals surface area contributed by atoms with Gasteiger partial charge in [-0.05, 0) is 33.2 Å². The predicted octanol–water partition coefficient (Wildman–Crippen LogP) is 0.409.